The molecule has 0 spiro atoms. The van der Waals surface area contributed by atoms with Crippen molar-refractivity contribution in [1.29, 1.82) is 0 Å². The standard InChI is InChI=1S/C17H23NO6/c1-12(19)4-7-17(21)24-11-16(20)18-9-8-13-5-6-14(22-2)15(10-13)23-3/h5-6,10H,4,7-9,11H2,1-3H3,(H,18,20). The summed E-state index contributed by atoms with van der Waals surface area (Å²) in [7, 11) is 3.12. The van der Waals surface area contributed by atoms with Crippen LogP contribution in [0, 0.1) is 0 Å². The van der Waals surface area contributed by atoms with Crippen molar-refractivity contribution >= 4 is 17.7 Å². The Hall–Kier alpha value is -2.57. The van der Waals surface area contributed by atoms with Gasteiger partial charge in [-0.1, -0.05) is 6.07 Å². The summed E-state index contributed by atoms with van der Waals surface area (Å²) in [6, 6.07) is 5.52. The molecular weight excluding hydrogens is 314 g/mol. The first-order valence-electron chi connectivity index (χ1n) is 7.59. The van der Waals surface area contributed by atoms with E-state index in [-0.39, 0.29) is 31.1 Å². The number of ketones is 1. The molecule has 132 valence electrons. The number of benzene rings is 1. The summed E-state index contributed by atoms with van der Waals surface area (Å²) in [6.07, 6.45) is 0.721. The fourth-order valence-corrected chi connectivity index (χ4v) is 1.93. The summed E-state index contributed by atoms with van der Waals surface area (Å²) in [5, 5.41) is 2.66. The highest BCUT2D eigenvalue weighted by Gasteiger charge is 2.09. The highest BCUT2D eigenvalue weighted by Crippen LogP contribution is 2.27. The van der Waals surface area contributed by atoms with Crippen LogP contribution in [0.4, 0.5) is 0 Å². The highest BCUT2D eigenvalue weighted by molar-refractivity contribution is 5.83. The van der Waals surface area contributed by atoms with Gasteiger partial charge < -0.3 is 24.3 Å². The lowest BCUT2D eigenvalue weighted by Gasteiger charge is -2.10. The molecule has 0 heterocycles. The maximum atomic E-state index is 11.6. The van der Waals surface area contributed by atoms with Gasteiger partial charge in [0.2, 0.25) is 0 Å². The van der Waals surface area contributed by atoms with Crippen LogP contribution in [-0.4, -0.2) is 45.0 Å². The van der Waals surface area contributed by atoms with Crippen molar-refractivity contribution in [2.75, 3.05) is 27.4 Å². The number of carbonyl (C=O) groups is 3. The lowest BCUT2D eigenvalue weighted by atomic mass is 10.1. The van der Waals surface area contributed by atoms with Gasteiger partial charge in [-0.3, -0.25) is 9.59 Å². The van der Waals surface area contributed by atoms with Gasteiger partial charge in [0.15, 0.2) is 18.1 Å². The van der Waals surface area contributed by atoms with Crippen molar-refractivity contribution in [1.82, 2.24) is 5.32 Å². The first kappa shape index (κ1) is 19.5. The SMILES string of the molecule is COc1ccc(CCNC(=O)COC(=O)CCC(C)=O)cc1OC. The van der Waals surface area contributed by atoms with Crippen molar-refractivity contribution in [3.8, 4) is 11.5 Å². The lowest BCUT2D eigenvalue weighted by Crippen LogP contribution is -2.30. The monoisotopic (exact) mass is 337 g/mol. The number of esters is 1. The maximum absolute atomic E-state index is 11.6. The minimum atomic E-state index is -0.555. The van der Waals surface area contributed by atoms with Gasteiger partial charge in [0.25, 0.3) is 5.91 Å². The average molecular weight is 337 g/mol. The van der Waals surface area contributed by atoms with Gasteiger partial charge in [-0.15, -0.1) is 0 Å². The summed E-state index contributed by atoms with van der Waals surface area (Å²) in [4.78, 5) is 33.6. The molecule has 1 rings (SSSR count). The van der Waals surface area contributed by atoms with Crippen LogP contribution in [0.3, 0.4) is 0 Å². The molecule has 24 heavy (non-hydrogen) atoms. The minimum Gasteiger partial charge on any atom is -0.493 e. The molecule has 1 N–H and O–H groups in total. The topological polar surface area (TPSA) is 90.9 Å². The van der Waals surface area contributed by atoms with Gasteiger partial charge in [0, 0.05) is 13.0 Å². The van der Waals surface area contributed by atoms with Crippen LogP contribution in [0.1, 0.15) is 25.3 Å². The Morgan fingerprint density at radius 2 is 1.75 bits per heavy atom. The second-order valence-electron chi connectivity index (χ2n) is 5.15. The van der Waals surface area contributed by atoms with Crippen LogP contribution in [0.5, 0.6) is 11.5 Å². The normalized spacial score (nSPS) is 9.96. The predicted octanol–water partition coefficient (Wildman–Crippen LogP) is 1.27. The van der Waals surface area contributed by atoms with Crippen LogP contribution in [-0.2, 0) is 25.5 Å². The summed E-state index contributed by atoms with van der Waals surface area (Å²) in [6.45, 7) is 1.45. The third kappa shape index (κ3) is 7.13. The number of methoxy groups -OCH3 is 2. The quantitative estimate of drug-likeness (QED) is 0.647. The van der Waals surface area contributed by atoms with Gasteiger partial charge in [0.1, 0.15) is 5.78 Å². The summed E-state index contributed by atoms with van der Waals surface area (Å²) in [5.41, 5.74) is 0.978. The number of nitrogens with one attached hydrogen (secondary N) is 1. The molecule has 0 aliphatic heterocycles. The van der Waals surface area contributed by atoms with Gasteiger partial charge in [-0.05, 0) is 31.0 Å². The molecule has 7 heteroatoms. The van der Waals surface area contributed by atoms with Gasteiger partial charge in [0.05, 0.1) is 20.6 Å². The summed E-state index contributed by atoms with van der Waals surface area (Å²) in [5.74, 6) is 0.238. The molecule has 0 fully saturated rings. The molecule has 0 atom stereocenters. The van der Waals surface area contributed by atoms with E-state index in [1.54, 1.807) is 20.3 Å². The molecule has 0 aliphatic rings. The summed E-state index contributed by atoms with van der Waals surface area (Å²) < 4.78 is 15.2. The van der Waals surface area contributed by atoms with E-state index < -0.39 is 5.97 Å². The maximum Gasteiger partial charge on any atom is 0.306 e. The largest absolute Gasteiger partial charge is 0.493 e. The number of carbonyl (C=O) groups excluding carboxylic acids is 3. The highest BCUT2D eigenvalue weighted by atomic mass is 16.5. The Bertz CT molecular complexity index is 584. The van der Waals surface area contributed by atoms with Crippen LogP contribution < -0.4 is 14.8 Å². The molecule has 0 unspecified atom stereocenters. The van der Waals surface area contributed by atoms with E-state index >= 15 is 0 Å². The molecule has 0 bridgehead atoms. The third-order valence-corrected chi connectivity index (χ3v) is 3.23. The number of hydrogen-bond acceptors (Lipinski definition) is 6. The molecule has 0 aromatic heterocycles. The van der Waals surface area contributed by atoms with Crippen molar-refractivity contribution in [2.45, 2.75) is 26.2 Å². The Morgan fingerprint density at radius 3 is 2.38 bits per heavy atom. The number of hydrogen-bond donors (Lipinski definition) is 1. The van der Waals surface area contributed by atoms with E-state index in [4.69, 9.17) is 14.2 Å². The number of amides is 1. The molecule has 1 aromatic carbocycles. The second-order valence-corrected chi connectivity index (χ2v) is 5.15. The molecule has 1 amide bonds. The number of Topliss-reactive ketones (excluding diaryl/α,β-unsaturated/α-hetero) is 1. The van der Waals surface area contributed by atoms with Crippen LogP contribution in [0.25, 0.3) is 0 Å². The minimum absolute atomic E-state index is 0.00570. The average Bonchev–Trinajstić information content (AvgIpc) is 2.57. The van der Waals surface area contributed by atoms with Crippen molar-refractivity contribution < 1.29 is 28.6 Å². The van der Waals surface area contributed by atoms with E-state index in [1.165, 1.54) is 6.92 Å². The third-order valence-electron chi connectivity index (χ3n) is 3.23. The molecular formula is C17H23NO6. The van der Waals surface area contributed by atoms with Crippen LogP contribution in [0.2, 0.25) is 0 Å². The second kappa shape index (κ2) is 10.3. The van der Waals surface area contributed by atoms with E-state index in [1.807, 2.05) is 12.1 Å². The molecule has 0 saturated heterocycles. The van der Waals surface area contributed by atoms with Crippen molar-refractivity contribution in [2.24, 2.45) is 0 Å². The molecule has 0 aliphatic carbocycles. The van der Waals surface area contributed by atoms with Crippen LogP contribution in [0.15, 0.2) is 18.2 Å². The van der Waals surface area contributed by atoms with E-state index in [9.17, 15) is 14.4 Å². The number of rotatable bonds is 10. The molecule has 7 nitrogen and oxygen atoms in total. The molecule has 0 radical (unpaired) electrons. The lowest BCUT2D eigenvalue weighted by molar-refractivity contribution is -0.149. The predicted molar refractivity (Wildman–Crippen MR) is 87.1 cm³/mol. The smallest absolute Gasteiger partial charge is 0.306 e. The van der Waals surface area contributed by atoms with Gasteiger partial charge >= 0.3 is 5.97 Å². The summed E-state index contributed by atoms with van der Waals surface area (Å²) >= 11 is 0. The Labute approximate surface area is 141 Å². The zero-order chi connectivity index (χ0) is 17.9. The van der Waals surface area contributed by atoms with E-state index in [0.29, 0.717) is 24.5 Å². The van der Waals surface area contributed by atoms with E-state index in [0.717, 1.165) is 5.56 Å². The molecule has 0 saturated carbocycles. The Kier molecular flexibility index (Phi) is 8.32. The first-order valence-corrected chi connectivity index (χ1v) is 7.59. The number of ether oxygens (including phenoxy) is 3. The zero-order valence-electron chi connectivity index (χ0n) is 14.2. The fourth-order valence-electron chi connectivity index (χ4n) is 1.93. The van der Waals surface area contributed by atoms with Gasteiger partial charge in [-0.25, -0.2) is 0 Å². The Morgan fingerprint density at radius 1 is 1.04 bits per heavy atom. The van der Waals surface area contributed by atoms with Crippen molar-refractivity contribution in [3.63, 3.8) is 0 Å². The zero-order valence-corrected chi connectivity index (χ0v) is 14.2. The van der Waals surface area contributed by atoms with Gasteiger partial charge in [-0.2, -0.15) is 0 Å². The fraction of sp³-hybridized carbons (Fsp3) is 0.471. The molecule has 1 aromatic rings. The van der Waals surface area contributed by atoms with Crippen LogP contribution >= 0.6 is 0 Å². The van der Waals surface area contributed by atoms with Crippen molar-refractivity contribution in [3.05, 3.63) is 23.8 Å². The Balaban J connectivity index is 2.30. The van der Waals surface area contributed by atoms with E-state index in [2.05, 4.69) is 5.32 Å². The first-order chi connectivity index (χ1) is 11.5.